The van der Waals surface area contributed by atoms with Gasteiger partial charge in [0.2, 0.25) is 0 Å². The van der Waals surface area contributed by atoms with Crippen LogP contribution in [0.25, 0.3) is 0 Å². The van der Waals surface area contributed by atoms with Gasteiger partial charge in [0.05, 0.1) is 0 Å². The second-order valence-electron chi connectivity index (χ2n) is 4.91. The first kappa shape index (κ1) is 11.5. The van der Waals surface area contributed by atoms with Gasteiger partial charge in [0.15, 0.2) is 5.82 Å². The normalized spacial score (nSPS) is 20.9. The third kappa shape index (κ3) is 1.85. The molecular weight excluding hydrogens is 204 g/mol. The van der Waals surface area contributed by atoms with Crippen LogP contribution in [0.3, 0.4) is 0 Å². The van der Waals surface area contributed by atoms with E-state index < -0.39 is 0 Å². The molecule has 2 N–H and O–H groups in total. The van der Waals surface area contributed by atoms with Gasteiger partial charge in [-0.3, -0.25) is 0 Å². The molecular formula is C11H20N4O. The van der Waals surface area contributed by atoms with E-state index in [-0.39, 0.29) is 5.60 Å². The summed E-state index contributed by atoms with van der Waals surface area (Å²) in [4.78, 5) is 0. The zero-order chi connectivity index (χ0) is 11.8. The van der Waals surface area contributed by atoms with Gasteiger partial charge in [0, 0.05) is 20.1 Å². The van der Waals surface area contributed by atoms with Crippen molar-refractivity contribution in [2.45, 2.75) is 38.8 Å². The smallest absolute Gasteiger partial charge is 0.164 e. The third-order valence-corrected chi connectivity index (χ3v) is 3.43. The minimum atomic E-state index is -0.387. The Balaban J connectivity index is 2.33. The SMILES string of the molecule is COC(C)(C)c1nnc2n1CC(CN)CC2. The van der Waals surface area contributed by atoms with Crippen molar-refractivity contribution >= 4 is 0 Å². The second kappa shape index (κ2) is 4.14. The summed E-state index contributed by atoms with van der Waals surface area (Å²) in [6, 6.07) is 0. The molecule has 0 amide bonds. The molecule has 2 rings (SSSR count). The number of aromatic nitrogens is 3. The van der Waals surface area contributed by atoms with E-state index in [1.165, 1.54) is 0 Å². The quantitative estimate of drug-likeness (QED) is 0.820. The Labute approximate surface area is 96.0 Å². The molecule has 0 fully saturated rings. The van der Waals surface area contributed by atoms with Crippen LogP contribution in [-0.4, -0.2) is 28.4 Å². The van der Waals surface area contributed by atoms with Crippen molar-refractivity contribution in [2.75, 3.05) is 13.7 Å². The lowest BCUT2D eigenvalue weighted by Crippen LogP contribution is -2.31. The van der Waals surface area contributed by atoms with E-state index >= 15 is 0 Å². The minimum absolute atomic E-state index is 0.387. The predicted molar refractivity (Wildman–Crippen MR) is 60.9 cm³/mol. The fourth-order valence-electron chi connectivity index (χ4n) is 2.12. The second-order valence-corrected chi connectivity index (χ2v) is 4.91. The molecule has 2 heterocycles. The standard InChI is InChI=1S/C11H20N4O/c1-11(2,16-3)10-14-13-9-5-4-8(6-12)7-15(9)10/h8H,4-7,12H2,1-3H3. The lowest BCUT2D eigenvalue weighted by molar-refractivity contribution is 0.00711. The third-order valence-electron chi connectivity index (χ3n) is 3.43. The molecule has 1 aromatic rings. The maximum atomic E-state index is 5.74. The lowest BCUT2D eigenvalue weighted by Gasteiger charge is -2.28. The van der Waals surface area contributed by atoms with Gasteiger partial charge in [-0.15, -0.1) is 10.2 Å². The van der Waals surface area contributed by atoms with Gasteiger partial charge in [0.1, 0.15) is 11.4 Å². The van der Waals surface area contributed by atoms with Gasteiger partial charge in [0.25, 0.3) is 0 Å². The van der Waals surface area contributed by atoms with Crippen LogP contribution in [0, 0.1) is 5.92 Å². The number of aryl methyl sites for hydroxylation is 1. The van der Waals surface area contributed by atoms with Gasteiger partial charge < -0.3 is 15.0 Å². The van der Waals surface area contributed by atoms with Crippen molar-refractivity contribution in [1.82, 2.24) is 14.8 Å². The van der Waals surface area contributed by atoms with Crippen LogP contribution in [0.15, 0.2) is 0 Å². The first-order valence-electron chi connectivity index (χ1n) is 5.76. The van der Waals surface area contributed by atoms with E-state index in [0.717, 1.165) is 37.6 Å². The fourth-order valence-corrected chi connectivity index (χ4v) is 2.12. The van der Waals surface area contributed by atoms with Crippen LogP contribution < -0.4 is 5.73 Å². The van der Waals surface area contributed by atoms with E-state index in [9.17, 15) is 0 Å². The van der Waals surface area contributed by atoms with Crippen LogP contribution in [-0.2, 0) is 23.3 Å². The summed E-state index contributed by atoms with van der Waals surface area (Å²) >= 11 is 0. The van der Waals surface area contributed by atoms with Crippen molar-refractivity contribution in [3.05, 3.63) is 11.6 Å². The molecule has 0 spiro atoms. The molecule has 0 aliphatic carbocycles. The minimum Gasteiger partial charge on any atom is -0.371 e. The molecule has 0 saturated heterocycles. The van der Waals surface area contributed by atoms with Crippen LogP contribution >= 0.6 is 0 Å². The molecule has 5 nitrogen and oxygen atoms in total. The molecule has 1 aliphatic heterocycles. The Bertz CT molecular complexity index is 372. The molecule has 0 aromatic carbocycles. The highest BCUT2D eigenvalue weighted by molar-refractivity contribution is 5.06. The Morgan fingerprint density at radius 3 is 2.88 bits per heavy atom. The number of methoxy groups -OCH3 is 1. The molecule has 1 aromatic heterocycles. The van der Waals surface area contributed by atoms with Crippen LogP contribution in [0.5, 0.6) is 0 Å². The van der Waals surface area contributed by atoms with E-state index in [1.807, 2.05) is 13.8 Å². The summed E-state index contributed by atoms with van der Waals surface area (Å²) in [5, 5.41) is 8.49. The highest BCUT2D eigenvalue weighted by Crippen LogP contribution is 2.27. The van der Waals surface area contributed by atoms with Crippen molar-refractivity contribution in [1.29, 1.82) is 0 Å². The molecule has 1 atom stereocenters. The topological polar surface area (TPSA) is 66.0 Å². The number of ether oxygens (including phenoxy) is 1. The van der Waals surface area contributed by atoms with E-state index in [2.05, 4.69) is 14.8 Å². The molecule has 0 radical (unpaired) electrons. The zero-order valence-electron chi connectivity index (χ0n) is 10.2. The van der Waals surface area contributed by atoms with Crippen molar-refractivity contribution in [2.24, 2.45) is 11.7 Å². The van der Waals surface area contributed by atoms with Crippen molar-refractivity contribution < 1.29 is 4.74 Å². The average molecular weight is 224 g/mol. The van der Waals surface area contributed by atoms with E-state index in [1.54, 1.807) is 7.11 Å². The van der Waals surface area contributed by atoms with Crippen molar-refractivity contribution in [3.63, 3.8) is 0 Å². The number of nitrogens with zero attached hydrogens (tertiary/aromatic N) is 3. The summed E-state index contributed by atoms with van der Waals surface area (Å²) in [6.45, 7) is 5.66. The predicted octanol–water partition coefficient (Wildman–Crippen LogP) is 0.681. The van der Waals surface area contributed by atoms with Crippen LogP contribution in [0.2, 0.25) is 0 Å². The highest BCUT2D eigenvalue weighted by atomic mass is 16.5. The first-order chi connectivity index (χ1) is 7.58. The Morgan fingerprint density at radius 1 is 1.50 bits per heavy atom. The summed E-state index contributed by atoms with van der Waals surface area (Å²) in [6.07, 6.45) is 2.08. The number of nitrogens with two attached hydrogens (primary N) is 1. The Hall–Kier alpha value is -0.940. The maximum absolute atomic E-state index is 5.74. The molecule has 0 saturated carbocycles. The number of hydrogen-bond donors (Lipinski definition) is 1. The molecule has 1 aliphatic rings. The van der Waals surface area contributed by atoms with Gasteiger partial charge in [-0.1, -0.05) is 0 Å². The van der Waals surface area contributed by atoms with Crippen LogP contribution in [0.1, 0.15) is 31.9 Å². The molecule has 90 valence electrons. The number of fused-ring (bicyclic) bond motifs is 1. The molecule has 5 heteroatoms. The van der Waals surface area contributed by atoms with E-state index in [0.29, 0.717) is 5.92 Å². The average Bonchev–Trinajstić information content (AvgIpc) is 2.72. The highest BCUT2D eigenvalue weighted by Gasteiger charge is 2.31. The fraction of sp³-hybridized carbons (Fsp3) is 0.818. The van der Waals surface area contributed by atoms with Gasteiger partial charge in [-0.25, -0.2) is 0 Å². The molecule has 16 heavy (non-hydrogen) atoms. The van der Waals surface area contributed by atoms with Gasteiger partial charge in [-0.2, -0.15) is 0 Å². The number of hydrogen-bond acceptors (Lipinski definition) is 4. The first-order valence-corrected chi connectivity index (χ1v) is 5.76. The molecule has 0 bridgehead atoms. The van der Waals surface area contributed by atoms with E-state index in [4.69, 9.17) is 10.5 Å². The summed E-state index contributed by atoms with van der Waals surface area (Å²) < 4.78 is 7.63. The summed E-state index contributed by atoms with van der Waals surface area (Å²) in [5.41, 5.74) is 5.35. The van der Waals surface area contributed by atoms with Gasteiger partial charge in [-0.05, 0) is 32.7 Å². The largest absolute Gasteiger partial charge is 0.371 e. The van der Waals surface area contributed by atoms with Crippen molar-refractivity contribution in [3.8, 4) is 0 Å². The molecule has 1 unspecified atom stereocenters. The monoisotopic (exact) mass is 224 g/mol. The summed E-state index contributed by atoms with van der Waals surface area (Å²) in [7, 11) is 1.70. The zero-order valence-corrected chi connectivity index (χ0v) is 10.2. The Morgan fingerprint density at radius 2 is 2.25 bits per heavy atom. The lowest BCUT2D eigenvalue weighted by atomic mass is 9.98. The maximum Gasteiger partial charge on any atom is 0.164 e. The van der Waals surface area contributed by atoms with Crippen LogP contribution in [0.4, 0.5) is 0 Å². The number of rotatable bonds is 3. The van der Waals surface area contributed by atoms with Gasteiger partial charge >= 0.3 is 0 Å². The Kier molecular flexibility index (Phi) is 2.99. The summed E-state index contributed by atoms with van der Waals surface area (Å²) in [5.74, 6) is 2.50.